The Morgan fingerprint density at radius 3 is 2.54 bits per heavy atom. The molecule has 7 nitrogen and oxygen atoms in total. The maximum absolute atomic E-state index is 12.3. The average Bonchev–Trinajstić information content (AvgIpc) is 2.54. The molecule has 0 spiro atoms. The second-order valence-corrected chi connectivity index (χ2v) is 10.6. The van der Waals surface area contributed by atoms with Crippen molar-refractivity contribution in [2.75, 3.05) is 45.5 Å². The predicted octanol–water partition coefficient (Wildman–Crippen LogP) is 1.34. The number of piperidine rings is 1. The van der Waals surface area contributed by atoms with Gasteiger partial charge >= 0.3 is 0 Å². The summed E-state index contributed by atoms with van der Waals surface area (Å²) in [6.07, 6.45) is 2.71. The maximum Gasteiger partial charge on any atom is 0.224 e. The Balaban J connectivity index is 0.00000338. The second-order valence-electron chi connectivity index (χ2n) is 7.81. The zero-order valence-corrected chi connectivity index (χ0v) is 19.5. The zero-order chi connectivity index (χ0) is 18.7. The summed E-state index contributed by atoms with van der Waals surface area (Å²) < 4.78 is 23.5. The van der Waals surface area contributed by atoms with Crippen LogP contribution < -0.4 is 5.32 Å². The van der Waals surface area contributed by atoms with Crippen LogP contribution in [0.25, 0.3) is 0 Å². The van der Waals surface area contributed by atoms with Crippen molar-refractivity contribution in [3.8, 4) is 0 Å². The molecule has 26 heavy (non-hydrogen) atoms. The Kier molecular flexibility index (Phi) is 8.63. The Labute approximate surface area is 174 Å². The molecule has 2 saturated heterocycles. The number of nitrogens with one attached hydrogen (secondary N) is 1. The van der Waals surface area contributed by atoms with Crippen LogP contribution in [-0.4, -0.2) is 80.4 Å². The van der Waals surface area contributed by atoms with Gasteiger partial charge in [-0.2, -0.15) is 0 Å². The first-order valence-corrected chi connectivity index (χ1v) is 10.8. The van der Waals surface area contributed by atoms with E-state index in [1.54, 1.807) is 20.9 Å². The number of amides is 1. The number of aliphatic imine (C=N–C) groups is 1. The molecule has 0 aromatic heterocycles. The van der Waals surface area contributed by atoms with E-state index < -0.39 is 14.6 Å². The molecule has 9 heteroatoms. The van der Waals surface area contributed by atoms with E-state index in [1.165, 1.54) is 6.42 Å². The van der Waals surface area contributed by atoms with Crippen LogP contribution in [0.1, 0.15) is 40.0 Å². The number of halogens is 1. The van der Waals surface area contributed by atoms with E-state index in [0.717, 1.165) is 19.5 Å². The number of carbonyl (C=O) groups is 1. The van der Waals surface area contributed by atoms with E-state index in [1.807, 2.05) is 9.80 Å². The number of nitrogens with zero attached hydrogens (tertiary/aromatic N) is 3. The SMILES string of the molecule is CN=C(NCCC(=O)N1CCCC(C)C1)N1CCS(=O)(=O)C(C)(C)C1.I. The van der Waals surface area contributed by atoms with Gasteiger partial charge in [0, 0.05) is 46.2 Å². The van der Waals surface area contributed by atoms with Gasteiger partial charge in [0.15, 0.2) is 15.8 Å². The zero-order valence-electron chi connectivity index (χ0n) is 16.3. The fourth-order valence-electron chi connectivity index (χ4n) is 3.51. The normalized spacial score (nSPS) is 25.4. The molecule has 2 fully saturated rings. The number of guanidine groups is 1. The average molecular weight is 500 g/mol. The molecule has 0 aliphatic carbocycles. The molecule has 2 heterocycles. The lowest BCUT2D eigenvalue weighted by Crippen LogP contribution is -2.57. The monoisotopic (exact) mass is 500 g/mol. The summed E-state index contributed by atoms with van der Waals surface area (Å²) in [7, 11) is -1.39. The van der Waals surface area contributed by atoms with Gasteiger partial charge < -0.3 is 15.1 Å². The van der Waals surface area contributed by atoms with Crippen molar-refractivity contribution in [3.63, 3.8) is 0 Å². The van der Waals surface area contributed by atoms with Crippen molar-refractivity contribution in [1.82, 2.24) is 15.1 Å². The number of likely N-dealkylation sites (tertiary alicyclic amines) is 1. The summed E-state index contributed by atoms with van der Waals surface area (Å²) in [4.78, 5) is 20.5. The molecule has 0 saturated carbocycles. The lowest BCUT2D eigenvalue weighted by atomic mass is 10.00. The quantitative estimate of drug-likeness (QED) is 0.360. The lowest BCUT2D eigenvalue weighted by molar-refractivity contribution is -0.132. The first kappa shape index (κ1) is 23.5. The van der Waals surface area contributed by atoms with Gasteiger partial charge in [-0.15, -0.1) is 24.0 Å². The van der Waals surface area contributed by atoms with Gasteiger partial charge in [-0.3, -0.25) is 9.79 Å². The van der Waals surface area contributed by atoms with Gasteiger partial charge in [0.1, 0.15) is 0 Å². The summed E-state index contributed by atoms with van der Waals surface area (Å²) >= 11 is 0. The molecular weight excluding hydrogens is 467 g/mol. The van der Waals surface area contributed by atoms with Crippen LogP contribution in [0.5, 0.6) is 0 Å². The van der Waals surface area contributed by atoms with Crippen molar-refractivity contribution >= 4 is 45.7 Å². The van der Waals surface area contributed by atoms with Crippen molar-refractivity contribution in [2.45, 2.75) is 44.8 Å². The molecule has 1 atom stereocenters. The van der Waals surface area contributed by atoms with Crippen LogP contribution in [0.4, 0.5) is 0 Å². The van der Waals surface area contributed by atoms with E-state index in [0.29, 0.717) is 37.9 Å². The van der Waals surface area contributed by atoms with Crippen molar-refractivity contribution < 1.29 is 13.2 Å². The first-order valence-electron chi connectivity index (χ1n) is 9.12. The van der Waals surface area contributed by atoms with E-state index in [9.17, 15) is 13.2 Å². The minimum Gasteiger partial charge on any atom is -0.356 e. The van der Waals surface area contributed by atoms with Crippen LogP contribution >= 0.6 is 24.0 Å². The highest BCUT2D eigenvalue weighted by molar-refractivity contribution is 14.0. The molecule has 0 radical (unpaired) electrons. The largest absolute Gasteiger partial charge is 0.356 e. The minimum absolute atomic E-state index is 0. The molecule has 0 bridgehead atoms. The number of hydrogen-bond acceptors (Lipinski definition) is 4. The first-order chi connectivity index (χ1) is 11.7. The van der Waals surface area contributed by atoms with Crippen LogP contribution in [0.3, 0.4) is 0 Å². The van der Waals surface area contributed by atoms with Gasteiger partial charge in [-0.05, 0) is 32.6 Å². The Hall–Kier alpha value is -0.580. The molecule has 1 N–H and O–H groups in total. The Bertz CT molecular complexity index is 621. The van der Waals surface area contributed by atoms with Crippen molar-refractivity contribution in [1.29, 1.82) is 0 Å². The molecule has 2 aliphatic rings. The van der Waals surface area contributed by atoms with Gasteiger partial charge in [0.2, 0.25) is 5.91 Å². The topological polar surface area (TPSA) is 82.1 Å². The highest BCUT2D eigenvalue weighted by atomic mass is 127. The van der Waals surface area contributed by atoms with Crippen LogP contribution in [-0.2, 0) is 14.6 Å². The summed E-state index contributed by atoms with van der Waals surface area (Å²) in [5.41, 5.74) is 0. The Morgan fingerprint density at radius 1 is 1.27 bits per heavy atom. The third kappa shape index (κ3) is 5.71. The van der Waals surface area contributed by atoms with Crippen molar-refractivity contribution in [2.24, 2.45) is 10.9 Å². The number of rotatable bonds is 3. The van der Waals surface area contributed by atoms with Gasteiger partial charge in [-0.25, -0.2) is 8.42 Å². The summed E-state index contributed by atoms with van der Waals surface area (Å²) in [5, 5.41) is 3.22. The van der Waals surface area contributed by atoms with E-state index >= 15 is 0 Å². The summed E-state index contributed by atoms with van der Waals surface area (Å²) in [6, 6.07) is 0. The molecule has 2 aliphatic heterocycles. The number of sulfone groups is 1. The van der Waals surface area contributed by atoms with E-state index in [4.69, 9.17) is 0 Å². The van der Waals surface area contributed by atoms with E-state index in [-0.39, 0.29) is 35.6 Å². The molecule has 0 aromatic carbocycles. The molecular formula is C17H33IN4O3S. The molecule has 1 unspecified atom stereocenters. The third-order valence-corrected chi connectivity index (χ3v) is 7.72. The lowest BCUT2D eigenvalue weighted by Gasteiger charge is -2.39. The highest BCUT2D eigenvalue weighted by Crippen LogP contribution is 2.23. The highest BCUT2D eigenvalue weighted by Gasteiger charge is 2.40. The van der Waals surface area contributed by atoms with Crippen molar-refractivity contribution in [3.05, 3.63) is 0 Å². The van der Waals surface area contributed by atoms with Crippen LogP contribution in [0.15, 0.2) is 4.99 Å². The van der Waals surface area contributed by atoms with Gasteiger partial charge in [0.05, 0.1) is 10.5 Å². The number of carbonyl (C=O) groups excluding carboxylic acids is 1. The standard InChI is InChI=1S/C17H32N4O3S.HI/c1-14-6-5-9-20(12-14)15(22)7-8-19-16(18-4)21-10-11-25(23,24)17(2,3)13-21;/h14H,5-13H2,1-4H3,(H,18,19);1H. The molecule has 152 valence electrons. The van der Waals surface area contributed by atoms with Crippen LogP contribution in [0, 0.1) is 5.92 Å². The predicted molar refractivity (Wildman–Crippen MR) is 116 cm³/mol. The van der Waals surface area contributed by atoms with Crippen LogP contribution in [0.2, 0.25) is 0 Å². The molecule has 0 aromatic rings. The minimum atomic E-state index is -3.07. The van der Waals surface area contributed by atoms with Gasteiger partial charge in [0.25, 0.3) is 0 Å². The molecule has 1 amide bonds. The summed E-state index contributed by atoms with van der Waals surface area (Å²) in [6.45, 7) is 8.76. The maximum atomic E-state index is 12.3. The Morgan fingerprint density at radius 2 is 1.96 bits per heavy atom. The third-order valence-electron chi connectivity index (χ3n) is 5.19. The van der Waals surface area contributed by atoms with E-state index in [2.05, 4.69) is 17.2 Å². The fraction of sp³-hybridized carbons (Fsp3) is 0.882. The summed E-state index contributed by atoms with van der Waals surface area (Å²) in [5.74, 6) is 1.56. The molecule has 2 rings (SSSR count). The van der Waals surface area contributed by atoms with Gasteiger partial charge in [-0.1, -0.05) is 6.92 Å². The smallest absolute Gasteiger partial charge is 0.224 e. The second kappa shape index (κ2) is 9.57. The fourth-order valence-corrected chi connectivity index (χ4v) is 4.88. The number of hydrogen-bond donors (Lipinski definition) is 1.